The van der Waals surface area contributed by atoms with Gasteiger partial charge in [-0.3, -0.25) is 0 Å². The van der Waals surface area contributed by atoms with Gasteiger partial charge in [-0.1, -0.05) is 0 Å². The number of aromatic nitrogens is 2. The lowest BCUT2D eigenvalue weighted by atomic mass is 10.1. The predicted molar refractivity (Wildman–Crippen MR) is 70.2 cm³/mol. The van der Waals surface area contributed by atoms with Gasteiger partial charge in [0.1, 0.15) is 0 Å². The number of hydrogen-bond donors (Lipinski definition) is 1. The van der Waals surface area contributed by atoms with E-state index < -0.39 is 11.7 Å². The minimum Gasteiger partial charge on any atom is -0.326 e. The minimum absolute atomic E-state index is 0.0259. The fourth-order valence-electron chi connectivity index (χ4n) is 1.59. The monoisotopic (exact) mass is 299 g/mol. The number of nitrogens with zero attached hydrogens (tertiary/aromatic N) is 2. The molecule has 2 N–H and O–H groups in total. The Morgan fingerprint density at radius 1 is 1.25 bits per heavy atom. The van der Waals surface area contributed by atoms with E-state index >= 15 is 0 Å². The summed E-state index contributed by atoms with van der Waals surface area (Å²) in [5.74, 6) is 0. The van der Waals surface area contributed by atoms with E-state index in [0.29, 0.717) is 15.6 Å². The molecule has 2 rings (SSSR count). The van der Waals surface area contributed by atoms with Crippen molar-refractivity contribution >= 4 is 11.8 Å². The largest absolute Gasteiger partial charge is 0.416 e. The standard InChI is InChI=1S/C13H12F3N3S/c1-8-4-5-18-12(19-8)20-11-3-2-10(13(14,15)16)6-9(11)7-17/h2-6H,7,17H2,1H3. The Balaban J connectivity index is 2.33. The van der Waals surface area contributed by atoms with Crippen molar-refractivity contribution in [1.82, 2.24) is 9.97 Å². The molecular weight excluding hydrogens is 287 g/mol. The Labute approximate surface area is 118 Å². The van der Waals surface area contributed by atoms with E-state index in [1.165, 1.54) is 17.8 Å². The van der Waals surface area contributed by atoms with Gasteiger partial charge < -0.3 is 5.73 Å². The topological polar surface area (TPSA) is 51.8 Å². The van der Waals surface area contributed by atoms with Crippen molar-refractivity contribution in [3.63, 3.8) is 0 Å². The van der Waals surface area contributed by atoms with Crippen LogP contribution in [0, 0.1) is 6.92 Å². The van der Waals surface area contributed by atoms with E-state index in [9.17, 15) is 13.2 Å². The number of benzene rings is 1. The Bertz CT molecular complexity index is 614. The number of nitrogens with two attached hydrogens (primary N) is 1. The summed E-state index contributed by atoms with van der Waals surface area (Å²) in [4.78, 5) is 8.90. The summed E-state index contributed by atoms with van der Waals surface area (Å²) in [6.45, 7) is 1.85. The van der Waals surface area contributed by atoms with Crippen LogP contribution in [0.4, 0.5) is 13.2 Å². The molecule has 0 amide bonds. The molecule has 0 radical (unpaired) electrons. The summed E-state index contributed by atoms with van der Waals surface area (Å²) in [7, 11) is 0. The zero-order valence-corrected chi connectivity index (χ0v) is 11.4. The first kappa shape index (κ1) is 14.8. The Hall–Kier alpha value is -1.60. The molecule has 0 aliphatic heterocycles. The Kier molecular flexibility index (Phi) is 4.29. The number of alkyl halides is 3. The molecule has 0 unspecified atom stereocenters. The first-order valence-corrected chi connectivity index (χ1v) is 6.59. The van der Waals surface area contributed by atoms with Crippen molar-refractivity contribution in [3.8, 4) is 0 Å². The van der Waals surface area contributed by atoms with Crippen LogP contribution in [0.3, 0.4) is 0 Å². The first-order valence-electron chi connectivity index (χ1n) is 5.78. The van der Waals surface area contributed by atoms with Crippen LogP contribution in [-0.4, -0.2) is 9.97 Å². The highest BCUT2D eigenvalue weighted by atomic mass is 32.2. The summed E-state index contributed by atoms with van der Waals surface area (Å²) < 4.78 is 37.9. The van der Waals surface area contributed by atoms with Gasteiger partial charge >= 0.3 is 6.18 Å². The van der Waals surface area contributed by atoms with Crippen LogP contribution in [0.25, 0.3) is 0 Å². The molecule has 1 heterocycles. The van der Waals surface area contributed by atoms with Crippen molar-refractivity contribution in [2.45, 2.75) is 29.7 Å². The van der Waals surface area contributed by atoms with Gasteiger partial charge in [0.2, 0.25) is 0 Å². The molecule has 3 nitrogen and oxygen atoms in total. The summed E-state index contributed by atoms with van der Waals surface area (Å²) in [6, 6.07) is 5.26. The average Bonchev–Trinajstić information content (AvgIpc) is 2.38. The minimum atomic E-state index is -4.37. The molecule has 0 saturated carbocycles. The maximum Gasteiger partial charge on any atom is 0.416 e. The van der Waals surface area contributed by atoms with Gasteiger partial charge in [0.25, 0.3) is 0 Å². The van der Waals surface area contributed by atoms with E-state index in [4.69, 9.17) is 5.73 Å². The molecule has 0 bridgehead atoms. The molecule has 1 aromatic heterocycles. The average molecular weight is 299 g/mol. The molecule has 7 heteroatoms. The fraction of sp³-hybridized carbons (Fsp3) is 0.231. The lowest BCUT2D eigenvalue weighted by Crippen LogP contribution is -2.07. The van der Waals surface area contributed by atoms with E-state index in [2.05, 4.69) is 9.97 Å². The van der Waals surface area contributed by atoms with Gasteiger partial charge in [0.05, 0.1) is 5.56 Å². The highest BCUT2D eigenvalue weighted by Gasteiger charge is 2.30. The van der Waals surface area contributed by atoms with E-state index in [0.717, 1.165) is 17.8 Å². The summed E-state index contributed by atoms with van der Waals surface area (Å²) in [6.07, 6.45) is -2.76. The summed E-state index contributed by atoms with van der Waals surface area (Å²) >= 11 is 1.20. The molecule has 0 saturated heterocycles. The number of halogens is 3. The van der Waals surface area contributed by atoms with Gasteiger partial charge in [-0.05, 0) is 48.5 Å². The molecule has 0 spiro atoms. The van der Waals surface area contributed by atoms with Crippen LogP contribution in [-0.2, 0) is 12.7 Å². The second-order valence-electron chi connectivity index (χ2n) is 4.11. The lowest BCUT2D eigenvalue weighted by Gasteiger charge is -2.11. The van der Waals surface area contributed by atoms with Crippen LogP contribution in [0.1, 0.15) is 16.8 Å². The van der Waals surface area contributed by atoms with E-state index in [-0.39, 0.29) is 6.54 Å². The molecule has 0 fully saturated rings. The van der Waals surface area contributed by atoms with E-state index in [1.54, 1.807) is 12.3 Å². The van der Waals surface area contributed by atoms with Gasteiger partial charge in [0.15, 0.2) is 5.16 Å². The second kappa shape index (κ2) is 5.80. The van der Waals surface area contributed by atoms with Gasteiger partial charge in [0, 0.05) is 23.3 Å². The van der Waals surface area contributed by atoms with Gasteiger partial charge in [-0.2, -0.15) is 13.2 Å². The van der Waals surface area contributed by atoms with Crippen molar-refractivity contribution in [2.24, 2.45) is 5.73 Å². The predicted octanol–water partition coefficient (Wildman–Crippen LogP) is 3.41. The SMILES string of the molecule is Cc1ccnc(Sc2ccc(C(F)(F)F)cc2CN)n1. The molecule has 20 heavy (non-hydrogen) atoms. The zero-order chi connectivity index (χ0) is 14.8. The summed E-state index contributed by atoms with van der Waals surface area (Å²) in [5, 5.41) is 0.486. The molecule has 2 aromatic rings. The molecule has 0 atom stereocenters. The fourth-order valence-corrected chi connectivity index (χ4v) is 2.50. The van der Waals surface area contributed by atoms with Crippen LogP contribution in [0.15, 0.2) is 40.5 Å². The Morgan fingerprint density at radius 3 is 2.60 bits per heavy atom. The zero-order valence-electron chi connectivity index (χ0n) is 10.6. The number of rotatable bonds is 3. The van der Waals surface area contributed by atoms with Crippen molar-refractivity contribution in [3.05, 3.63) is 47.3 Å². The third kappa shape index (κ3) is 3.49. The Morgan fingerprint density at radius 2 is 2.00 bits per heavy atom. The number of aryl methyl sites for hydroxylation is 1. The highest BCUT2D eigenvalue weighted by Crippen LogP contribution is 2.34. The highest BCUT2D eigenvalue weighted by molar-refractivity contribution is 7.99. The third-order valence-electron chi connectivity index (χ3n) is 2.58. The quantitative estimate of drug-likeness (QED) is 0.882. The summed E-state index contributed by atoms with van der Waals surface area (Å²) in [5.41, 5.74) is 6.04. The first-order chi connectivity index (χ1) is 9.40. The van der Waals surface area contributed by atoms with Crippen molar-refractivity contribution in [2.75, 3.05) is 0 Å². The van der Waals surface area contributed by atoms with Gasteiger partial charge in [-0.25, -0.2) is 9.97 Å². The normalized spacial score (nSPS) is 11.7. The molecule has 1 aromatic carbocycles. The van der Waals surface area contributed by atoms with Crippen LogP contribution in [0.2, 0.25) is 0 Å². The van der Waals surface area contributed by atoms with Crippen LogP contribution >= 0.6 is 11.8 Å². The molecule has 106 valence electrons. The van der Waals surface area contributed by atoms with Crippen LogP contribution in [0.5, 0.6) is 0 Å². The van der Waals surface area contributed by atoms with Gasteiger partial charge in [-0.15, -0.1) is 0 Å². The maximum atomic E-state index is 12.6. The maximum absolute atomic E-state index is 12.6. The smallest absolute Gasteiger partial charge is 0.326 e. The third-order valence-corrected chi connectivity index (χ3v) is 3.58. The molecular formula is C13H12F3N3S. The second-order valence-corrected chi connectivity index (χ2v) is 5.12. The lowest BCUT2D eigenvalue weighted by molar-refractivity contribution is -0.137. The van der Waals surface area contributed by atoms with Crippen molar-refractivity contribution in [1.29, 1.82) is 0 Å². The molecule has 0 aliphatic rings. The van der Waals surface area contributed by atoms with E-state index in [1.807, 2.05) is 6.92 Å². The van der Waals surface area contributed by atoms with Crippen molar-refractivity contribution < 1.29 is 13.2 Å². The molecule has 0 aliphatic carbocycles. The number of hydrogen-bond acceptors (Lipinski definition) is 4. The van der Waals surface area contributed by atoms with Crippen LogP contribution < -0.4 is 5.73 Å².